The number of fused-ring (bicyclic) bond motifs is 1. The van der Waals surface area contributed by atoms with E-state index in [9.17, 15) is 18.0 Å². The summed E-state index contributed by atoms with van der Waals surface area (Å²) in [4.78, 5) is 27.7. The Morgan fingerprint density at radius 3 is 2.37 bits per heavy atom. The van der Waals surface area contributed by atoms with E-state index >= 15 is 0 Å². The number of hydrogen-bond donors (Lipinski definition) is 0. The summed E-state index contributed by atoms with van der Waals surface area (Å²) in [5.41, 5.74) is 0.835. The van der Waals surface area contributed by atoms with E-state index in [2.05, 4.69) is 0 Å². The van der Waals surface area contributed by atoms with Gasteiger partial charge < -0.3 is 4.90 Å². The molecular formula is C23H24N2O4S. The Labute approximate surface area is 175 Å². The first-order chi connectivity index (χ1) is 14.4. The van der Waals surface area contributed by atoms with Gasteiger partial charge in [-0.05, 0) is 56.5 Å². The topological polar surface area (TPSA) is 76.5 Å². The van der Waals surface area contributed by atoms with Gasteiger partial charge in [-0.1, -0.05) is 29.8 Å². The fourth-order valence-corrected chi connectivity index (χ4v) is 5.33. The molecule has 0 saturated carbocycles. The molecule has 1 aliphatic rings. The van der Waals surface area contributed by atoms with Crippen LogP contribution in [0.3, 0.4) is 0 Å². The summed E-state index contributed by atoms with van der Waals surface area (Å²) in [6.07, 6.45) is 2.99. The van der Waals surface area contributed by atoms with Crippen molar-refractivity contribution in [3.63, 3.8) is 0 Å². The zero-order valence-corrected chi connectivity index (χ0v) is 17.7. The number of rotatable bonds is 4. The van der Waals surface area contributed by atoms with Crippen LogP contribution in [0.2, 0.25) is 0 Å². The van der Waals surface area contributed by atoms with E-state index < -0.39 is 15.4 Å². The number of likely N-dealkylation sites (tertiary alicyclic amines) is 1. The predicted molar refractivity (Wildman–Crippen MR) is 115 cm³/mol. The molecule has 7 heteroatoms. The maximum absolute atomic E-state index is 13.3. The van der Waals surface area contributed by atoms with E-state index in [-0.39, 0.29) is 22.2 Å². The predicted octanol–water partition coefficient (Wildman–Crippen LogP) is 3.16. The van der Waals surface area contributed by atoms with E-state index in [1.165, 1.54) is 22.8 Å². The number of piperidine rings is 1. The summed E-state index contributed by atoms with van der Waals surface area (Å²) >= 11 is 0. The van der Waals surface area contributed by atoms with Crippen LogP contribution in [0.5, 0.6) is 0 Å². The molecule has 1 fully saturated rings. The van der Waals surface area contributed by atoms with Crippen molar-refractivity contribution >= 4 is 26.6 Å². The fraction of sp³-hybridized carbons (Fsp3) is 0.304. The van der Waals surface area contributed by atoms with Gasteiger partial charge in [-0.3, -0.25) is 14.2 Å². The summed E-state index contributed by atoms with van der Waals surface area (Å²) in [6, 6.07) is 14.8. The van der Waals surface area contributed by atoms with Crippen molar-refractivity contribution in [2.45, 2.75) is 42.5 Å². The molecule has 2 heterocycles. The normalized spacial score (nSPS) is 14.8. The minimum absolute atomic E-state index is 0.0583. The van der Waals surface area contributed by atoms with Crippen molar-refractivity contribution in [2.75, 3.05) is 13.1 Å². The fourth-order valence-electron chi connectivity index (χ4n) is 3.94. The number of aryl methyl sites for hydroxylation is 1. The third-order valence-electron chi connectivity index (χ3n) is 5.56. The highest BCUT2D eigenvalue weighted by molar-refractivity contribution is 7.91. The quantitative estimate of drug-likeness (QED) is 0.645. The van der Waals surface area contributed by atoms with Gasteiger partial charge in [0.2, 0.25) is 15.7 Å². The van der Waals surface area contributed by atoms with Crippen molar-refractivity contribution < 1.29 is 13.2 Å². The molecule has 1 aromatic heterocycles. The Kier molecular flexibility index (Phi) is 5.47. The molecule has 2 aromatic carbocycles. The molecule has 0 bridgehead atoms. The van der Waals surface area contributed by atoms with Crippen LogP contribution in [0.15, 0.2) is 69.2 Å². The largest absolute Gasteiger partial charge is 0.341 e. The van der Waals surface area contributed by atoms with Crippen LogP contribution in [0.1, 0.15) is 24.8 Å². The van der Waals surface area contributed by atoms with E-state index in [4.69, 9.17) is 0 Å². The second-order valence-corrected chi connectivity index (χ2v) is 9.64. The highest BCUT2D eigenvalue weighted by atomic mass is 32.2. The summed E-state index contributed by atoms with van der Waals surface area (Å²) in [5, 5.41) is 0.621. The lowest BCUT2D eigenvalue weighted by Crippen LogP contribution is -2.40. The van der Waals surface area contributed by atoms with Crippen LogP contribution in [-0.2, 0) is 21.2 Å². The molecule has 156 valence electrons. The van der Waals surface area contributed by atoms with Crippen molar-refractivity contribution in [1.29, 1.82) is 0 Å². The second kappa shape index (κ2) is 8.07. The molecule has 3 aromatic rings. The number of nitrogens with zero attached hydrogens (tertiary/aromatic N) is 2. The molecular weight excluding hydrogens is 400 g/mol. The Morgan fingerprint density at radius 2 is 1.67 bits per heavy atom. The van der Waals surface area contributed by atoms with Crippen molar-refractivity contribution in [3.05, 3.63) is 70.5 Å². The van der Waals surface area contributed by atoms with Crippen LogP contribution in [0, 0.1) is 6.92 Å². The molecule has 0 aliphatic carbocycles. The molecule has 0 N–H and O–H groups in total. The minimum Gasteiger partial charge on any atom is -0.341 e. The lowest BCUT2D eigenvalue weighted by atomic mass is 10.1. The first kappa shape index (κ1) is 20.3. The van der Waals surface area contributed by atoms with Crippen LogP contribution in [0.4, 0.5) is 0 Å². The maximum Gasteiger partial charge on any atom is 0.270 e. The molecule has 6 nitrogen and oxygen atoms in total. The first-order valence-corrected chi connectivity index (χ1v) is 11.6. The third-order valence-corrected chi connectivity index (χ3v) is 7.33. The number of carbonyl (C=O) groups excluding carboxylic acids is 1. The zero-order valence-electron chi connectivity index (χ0n) is 16.9. The molecule has 1 saturated heterocycles. The number of carbonyl (C=O) groups is 1. The van der Waals surface area contributed by atoms with Gasteiger partial charge in [0.1, 0.15) is 11.4 Å². The number of pyridine rings is 1. The molecule has 1 aliphatic heterocycles. The van der Waals surface area contributed by atoms with Crippen LogP contribution < -0.4 is 5.56 Å². The lowest BCUT2D eigenvalue weighted by Gasteiger charge is -2.27. The summed E-state index contributed by atoms with van der Waals surface area (Å²) < 4.78 is 27.7. The van der Waals surface area contributed by atoms with Gasteiger partial charge >= 0.3 is 0 Å². The molecule has 30 heavy (non-hydrogen) atoms. The Balaban J connectivity index is 1.88. The van der Waals surface area contributed by atoms with Gasteiger partial charge in [0.05, 0.1) is 10.4 Å². The number of hydrogen-bond acceptors (Lipinski definition) is 4. The smallest absolute Gasteiger partial charge is 0.270 e. The zero-order chi connectivity index (χ0) is 21.3. The Hall–Kier alpha value is -2.93. The van der Waals surface area contributed by atoms with Crippen molar-refractivity contribution in [3.8, 4) is 0 Å². The van der Waals surface area contributed by atoms with Gasteiger partial charge in [0, 0.05) is 18.5 Å². The van der Waals surface area contributed by atoms with Crippen LogP contribution in [-0.4, -0.2) is 36.9 Å². The van der Waals surface area contributed by atoms with Gasteiger partial charge in [-0.15, -0.1) is 0 Å². The van der Waals surface area contributed by atoms with Gasteiger partial charge in [0.15, 0.2) is 0 Å². The highest BCUT2D eigenvalue weighted by Crippen LogP contribution is 2.23. The van der Waals surface area contributed by atoms with Gasteiger partial charge in [-0.25, -0.2) is 8.42 Å². The van der Waals surface area contributed by atoms with Gasteiger partial charge in [-0.2, -0.15) is 0 Å². The van der Waals surface area contributed by atoms with Crippen molar-refractivity contribution in [2.24, 2.45) is 0 Å². The number of benzene rings is 2. The van der Waals surface area contributed by atoms with E-state index in [1.807, 2.05) is 19.1 Å². The molecule has 4 rings (SSSR count). The second-order valence-electron chi connectivity index (χ2n) is 7.72. The summed E-state index contributed by atoms with van der Waals surface area (Å²) in [5.74, 6) is -0.159. The molecule has 0 unspecified atom stereocenters. The van der Waals surface area contributed by atoms with Crippen LogP contribution >= 0.6 is 0 Å². The SMILES string of the molecule is Cc1ccc2c(c1)cc(S(=O)(=O)c1ccccc1)c(=O)n2CC(=O)N1CCCCC1. The van der Waals surface area contributed by atoms with Crippen LogP contribution in [0.25, 0.3) is 10.9 Å². The monoisotopic (exact) mass is 424 g/mol. The standard InChI is InChI=1S/C23H24N2O4S/c1-17-10-11-20-18(14-17)15-21(30(28,29)19-8-4-2-5-9-19)23(27)25(20)16-22(26)24-12-6-3-7-13-24/h2,4-5,8-11,14-15H,3,6-7,12-13,16H2,1H3. The number of amides is 1. The molecule has 0 atom stereocenters. The molecule has 1 amide bonds. The number of aromatic nitrogens is 1. The first-order valence-electron chi connectivity index (χ1n) is 10.1. The van der Waals surface area contributed by atoms with E-state index in [1.54, 1.807) is 29.2 Å². The average Bonchev–Trinajstić information content (AvgIpc) is 2.76. The molecule has 0 radical (unpaired) electrons. The maximum atomic E-state index is 13.3. The Bertz CT molecular complexity index is 1260. The lowest BCUT2D eigenvalue weighted by molar-refractivity contribution is -0.132. The van der Waals surface area contributed by atoms with Gasteiger partial charge in [0.25, 0.3) is 5.56 Å². The minimum atomic E-state index is -4.02. The summed E-state index contributed by atoms with van der Waals surface area (Å²) in [6.45, 7) is 3.08. The Morgan fingerprint density at radius 1 is 0.967 bits per heavy atom. The average molecular weight is 425 g/mol. The number of sulfone groups is 1. The van der Waals surface area contributed by atoms with Crippen molar-refractivity contribution in [1.82, 2.24) is 9.47 Å². The van der Waals surface area contributed by atoms with E-state index in [0.29, 0.717) is 24.0 Å². The van der Waals surface area contributed by atoms with E-state index in [0.717, 1.165) is 24.8 Å². The molecule has 0 spiro atoms. The third kappa shape index (κ3) is 3.77. The highest BCUT2D eigenvalue weighted by Gasteiger charge is 2.25. The summed E-state index contributed by atoms with van der Waals surface area (Å²) in [7, 11) is -4.02.